The van der Waals surface area contributed by atoms with Gasteiger partial charge in [-0.1, -0.05) is 11.6 Å². The van der Waals surface area contributed by atoms with Gasteiger partial charge in [-0.05, 0) is 36.4 Å². The molecule has 2 rings (SSSR count). The summed E-state index contributed by atoms with van der Waals surface area (Å²) in [6.07, 6.45) is -4.63. The predicted molar refractivity (Wildman–Crippen MR) is 72.5 cm³/mol. The first kappa shape index (κ1) is 16.1. The van der Waals surface area contributed by atoms with Crippen LogP contribution < -0.4 is 5.32 Å². The van der Waals surface area contributed by atoms with Gasteiger partial charge in [0, 0.05) is 5.69 Å². The van der Waals surface area contributed by atoms with E-state index in [0.29, 0.717) is 12.1 Å². The van der Waals surface area contributed by atoms with Crippen LogP contribution in [0.2, 0.25) is 5.02 Å². The van der Waals surface area contributed by atoms with Crippen molar-refractivity contribution in [3.05, 3.63) is 58.4 Å². The fourth-order valence-corrected chi connectivity index (χ4v) is 1.85. The summed E-state index contributed by atoms with van der Waals surface area (Å²) >= 11 is 5.54. The maximum atomic E-state index is 13.0. The van der Waals surface area contributed by atoms with Crippen LogP contribution in [0.3, 0.4) is 0 Å². The first-order valence-corrected chi connectivity index (χ1v) is 6.23. The van der Waals surface area contributed by atoms with Crippen LogP contribution in [-0.4, -0.2) is 11.0 Å². The molecule has 1 amide bonds. The van der Waals surface area contributed by atoms with Gasteiger partial charge >= 0.3 is 6.18 Å². The van der Waals surface area contributed by atoms with Gasteiger partial charge in [-0.3, -0.25) is 4.79 Å². The predicted octanol–water partition coefficient (Wildman–Crippen LogP) is 4.46. The standard InChI is InChI=1S/C14H8ClF4NO2/c15-10-6-8(2-4-11(10)16)20-13(22)9-3-1-7(5-12(9)21)14(17,18)19/h1-6,21H,(H,20,22). The molecule has 22 heavy (non-hydrogen) atoms. The number of hydrogen-bond acceptors (Lipinski definition) is 2. The van der Waals surface area contributed by atoms with E-state index in [1.54, 1.807) is 0 Å². The van der Waals surface area contributed by atoms with Crippen molar-refractivity contribution in [2.75, 3.05) is 5.32 Å². The van der Waals surface area contributed by atoms with E-state index in [1.165, 1.54) is 6.07 Å². The number of phenols is 1. The lowest BCUT2D eigenvalue weighted by molar-refractivity contribution is -0.137. The molecule has 8 heteroatoms. The zero-order valence-electron chi connectivity index (χ0n) is 10.7. The number of benzene rings is 2. The Labute approximate surface area is 127 Å². The summed E-state index contributed by atoms with van der Waals surface area (Å²) in [7, 11) is 0. The van der Waals surface area contributed by atoms with Crippen molar-refractivity contribution in [2.24, 2.45) is 0 Å². The number of nitrogens with one attached hydrogen (secondary N) is 1. The van der Waals surface area contributed by atoms with E-state index in [1.807, 2.05) is 0 Å². The zero-order valence-corrected chi connectivity index (χ0v) is 11.5. The van der Waals surface area contributed by atoms with Gasteiger partial charge in [0.2, 0.25) is 0 Å². The monoisotopic (exact) mass is 333 g/mol. The van der Waals surface area contributed by atoms with Gasteiger partial charge < -0.3 is 10.4 Å². The summed E-state index contributed by atoms with van der Waals surface area (Å²) in [4.78, 5) is 11.9. The van der Waals surface area contributed by atoms with Crippen molar-refractivity contribution in [2.45, 2.75) is 6.18 Å². The molecule has 0 fully saturated rings. The van der Waals surface area contributed by atoms with Crippen molar-refractivity contribution in [3.8, 4) is 5.75 Å². The molecule has 0 unspecified atom stereocenters. The normalized spacial score (nSPS) is 11.3. The second kappa shape index (κ2) is 5.84. The summed E-state index contributed by atoms with van der Waals surface area (Å²) in [5, 5.41) is 11.6. The number of phenolic OH excluding ortho intramolecular Hbond substituents is 1. The number of anilines is 1. The summed E-state index contributed by atoms with van der Waals surface area (Å²) in [5.41, 5.74) is -1.30. The van der Waals surface area contributed by atoms with E-state index in [0.717, 1.165) is 18.2 Å². The van der Waals surface area contributed by atoms with Gasteiger partial charge in [-0.25, -0.2) is 4.39 Å². The molecular weight excluding hydrogens is 326 g/mol. The number of aromatic hydroxyl groups is 1. The Kier molecular flexibility index (Phi) is 4.27. The maximum absolute atomic E-state index is 13.0. The molecule has 0 saturated carbocycles. The second-order valence-electron chi connectivity index (χ2n) is 4.31. The number of halogens is 5. The SMILES string of the molecule is O=C(Nc1ccc(F)c(Cl)c1)c1ccc(C(F)(F)F)cc1O. The van der Waals surface area contributed by atoms with E-state index in [2.05, 4.69) is 5.32 Å². The molecule has 2 N–H and O–H groups in total. The van der Waals surface area contributed by atoms with Crippen molar-refractivity contribution in [1.82, 2.24) is 0 Å². The van der Waals surface area contributed by atoms with E-state index in [9.17, 15) is 27.5 Å². The van der Waals surface area contributed by atoms with E-state index < -0.39 is 29.2 Å². The van der Waals surface area contributed by atoms with Crippen LogP contribution in [0, 0.1) is 5.82 Å². The minimum atomic E-state index is -4.63. The van der Waals surface area contributed by atoms with Crippen molar-refractivity contribution < 1.29 is 27.5 Å². The Morgan fingerprint density at radius 2 is 1.82 bits per heavy atom. The second-order valence-corrected chi connectivity index (χ2v) is 4.72. The Balaban J connectivity index is 2.24. The minimum absolute atomic E-state index is 0.135. The number of hydrogen-bond donors (Lipinski definition) is 2. The lowest BCUT2D eigenvalue weighted by atomic mass is 10.1. The van der Waals surface area contributed by atoms with Gasteiger partial charge in [0.1, 0.15) is 11.6 Å². The Morgan fingerprint density at radius 3 is 2.36 bits per heavy atom. The molecule has 0 aromatic heterocycles. The molecule has 0 aliphatic carbocycles. The number of carbonyl (C=O) groups excluding carboxylic acids is 1. The molecule has 0 saturated heterocycles. The molecule has 0 bridgehead atoms. The van der Waals surface area contributed by atoms with Crippen LogP contribution >= 0.6 is 11.6 Å². The highest BCUT2D eigenvalue weighted by Gasteiger charge is 2.31. The third-order valence-corrected chi connectivity index (χ3v) is 3.04. The number of alkyl halides is 3. The van der Waals surface area contributed by atoms with Gasteiger partial charge in [-0.2, -0.15) is 13.2 Å². The third kappa shape index (κ3) is 3.48. The van der Waals surface area contributed by atoms with Gasteiger partial charge in [0.25, 0.3) is 5.91 Å². The molecule has 0 radical (unpaired) electrons. The Hall–Kier alpha value is -2.28. The Morgan fingerprint density at radius 1 is 1.14 bits per heavy atom. The molecule has 0 aliphatic rings. The molecular formula is C14H8ClF4NO2. The van der Waals surface area contributed by atoms with Crippen molar-refractivity contribution in [1.29, 1.82) is 0 Å². The first-order chi connectivity index (χ1) is 10.2. The average molecular weight is 334 g/mol. The average Bonchev–Trinajstić information content (AvgIpc) is 2.41. The number of rotatable bonds is 2. The quantitative estimate of drug-likeness (QED) is 0.797. The smallest absolute Gasteiger partial charge is 0.416 e. The van der Waals surface area contributed by atoms with Crippen LogP contribution in [-0.2, 0) is 6.18 Å². The zero-order chi connectivity index (χ0) is 16.5. The van der Waals surface area contributed by atoms with Gasteiger partial charge in [0.15, 0.2) is 0 Å². The molecule has 116 valence electrons. The lowest BCUT2D eigenvalue weighted by Crippen LogP contribution is -2.13. The first-order valence-electron chi connectivity index (χ1n) is 5.85. The van der Waals surface area contributed by atoms with E-state index in [-0.39, 0.29) is 16.3 Å². The van der Waals surface area contributed by atoms with Crippen LogP contribution in [0.5, 0.6) is 5.75 Å². The summed E-state index contributed by atoms with van der Waals surface area (Å²) < 4.78 is 50.4. The molecule has 0 aliphatic heterocycles. The minimum Gasteiger partial charge on any atom is -0.507 e. The molecule has 0 spiro atoms. The van der Waals surface area contributed by atoms with Gasteiger partial charge in [-0.15, -0.1) is 0 Å². The van der Waals surface area contributed by atoms with E-state index in [4.69, 9.17) is 11.6 Å². The molecule has 2 aromatic rings. The maximum Gasteiger partial charge on any atom is 0.416 e. The molecule has 2 aromatic carbocycles. The highest BCUT2D eigenvalue weighted by atomic mass is 35.5. The topological polar surface area (TPSA) is 49.3 Å². The summed E-state index contributed by atoms with van der Waals surface area (Å²) in [6, 6.07) is 5.35. The van der Waals surface area contributed by atoms with Gasteiger partial charge in [0.05, 0.1) is 16.1 Å². The molecule has 0 atom stereocenters. The summed E-state index contributed by atoms with van der Waals surface area (Å²) in [6.45, 7) is 0. The van der Waals surface area contributed by atoms with E-state index >= 15 is 0 Å². The Bertz CT molecular complexity index is 731. The fourth-order valence-electron chi connectivity index (χ4n) is 1.67. The fraction of sp³-hybridized carbons (Fsp3) is 0.0714. The molecule has 3 nitrogen and oxygen atoms in total. The highest BCUT2D eigenvalue weighted by Crippen LogP contribution is 2.33. The summed E-state index contributed by atoms with van der Waals surface area (Å²) in [5.74, 6) is -2.36. The van der Waals surface area contributed by atoms with Crippen LogP contribution in [0.4, 0.5) is 23.2 Å². The lowest BCUT2D eigenvalue weighted by Gasteiger charge is -2.10. The van der Waals surface area contributed by atoms with Crippen molar-refractivity contribution >= 4 is 23.2 Å². The van der Waals surface area contributed by atoms with Crippen LogP contribution in [0.1, 0.15) is 15.9 Å². The molecule has 0 heterocycles. The van der Waals surface area contributed by atoms with Crippen molar-refractivity contribution in [3.63, 3.8) is 0 Å². The van der Waals surface area contributed by atoms with Crippen LogP contribution in [0.25, 0.3) is 0 Å². The number of carbonyl (C=O) groups is 1. The number of amides is 1. The van der Waals surface area contributed by atoms with Crippen LogP contribution in [0.15, 0.2) is 36.4 Å². The largest absolute Gasteiger partial charge is 0.507 e. The third-order valence-electron chi connectivity index (χ3n) is 2.75. The highest BCUT2D eigenvalue weighted by molar-refractivity contribution is 6.31.